The first-order valence-corrected chi connectivity index (χ1v) is 7.88. The molecule has 108 valence electrons. The fraction of sp³-hybridized carbons (Fsp3) is 0.412. The summed E-state index contributed by atoms with van der Waals surface area (Å²) in [6.45, 7) is 6.49. The Hall–Kier alpha value is -1.32. The van der Waals surface area contributed by atoms with E-state index in [1.54, 1.807) is 0 Å². The van der Waals surface area contributed by atoms with Crippen LogP contribution >= 0.6 is 11.3 Å². The van der Waals surface area contributed by atoms with Gasteiger partial charge in [-0.1, -0.05) is 32.0 Å². The molecule has 2 aromatic rings. The monoisotopic (exact) mass is 288 g/mol. The van der Waals surface area contributed by atoms with Crippen LogP contribution in [-0.4, -0.2) is 20.6 Å². The van der Waals surface area contributed by atoms with E-state index in [0.29, 0.717) is 0 Å². The lowest BCUT2D eigenvalue weighted by molar-refractivity contribution is 0.477. The Morgan fingerprint density at radius 1 is 1.10 bits per heavy atom. The minimum atomic E-state index is 0.192. The molecule has 0 fully saturated rings. The molecule has 0 aliphatic rings. The first kappa shape index (κ1) is 15.1. The van der Waals surface area contributed by atoms with Gasteiger partial charge in [-0.15, -0.1) is 11.3 Å². The average molecular weight is 288 g/mol. The molecule has 0 saturated carbocycles. The van der Waals surface area contributed by atoms with E-state index in [1.807, 2.05) is 11.3 Å². The molecule has 0 amide bonds. The Balaban J connectivity index is 1.86. The van der Waals surface area contributed by atoms with Crippen molar-refractivity contribution in [2.75, 3.05) is 25.5 Å². The molecule has 3 heteroatoms. The molecule has 0 unspecified atom stereocenters. The third kappa shape index (κ3) is 3.84. The zero-order valence-corrected chi connectivity index (χ0v) is 13.6. The highest BCUT2D eigenvalue weighted by Crippen LogP contribution is 2.26. The van der Waals surface area contributed by atoms with Crippen LogP contribution in [0.15, 0.2) is 41.8 Å². The highest BCUT2D eigenvalue weighted by molar-refractivity contribution is 7.10. The molecule has 1 heterocycles. The highest BCUT2D eigenvalue weighted by atomic mass is 32.1. The van der Waals surface area contributed by atoms with Crippen molar-refractivity contribution in [1.82, 2.24) is 5.32 Å². The number of hydrogen-bond acceptors (Lipinski definition) is 3. The van der Waals surface area contributed by atoms with Crippen LogP contribution in [-0.2, 0) is 12.0 Å². The molecular weight excluding hydrogens is 264 g/mol. The number of benzene rings is 1. The van der Waals surface area contributed by atoms with E-state index in [-0.39, 0.29) is 5.41 Å². The van der Waals surface area contributed by atoms with E-state index in [9.17, 15) is 0 Å². The molecule has 1 aromatic carbocycles. The van der Waals surface area contributed by atoms with Gasteiger partial charge in [0.05, 0.1) is 0 Å². The predicted octanol–water partition coefficient (Wildman–Crippen LogP) is 3.88. The minimum absolute atomic E-state index is 0.192. The molecule has 1 N–H and O–H groups in total. The molecule has 2 nitrogen and oxygen atoms in total. The molecular formula is C17H24N2S. The lowest BCUT2D eigenvalue weighted by Gasteiger charge is -2.24. The third-order valence-electron chi connectivity index (χ3n) is 3.54. The largest absolute Gasteiger partial charge is 0.378 e. The van der Waals surface area contributed by atoms with E-state index in [2.05, 4.69) is 79.9 Å². The Morgan fingerprint density at radius 3 is 2.35 bits per heavy atom. The summed E-state index contributed by atoms with van der Waals surface area (Å²) in [5, 5.41) is 5.72. The summed E-state index contributed by atoms with van der Waals surface area (Å²) in [7, 11) is 4.13. The van der Waals surface area contributed by atoms with Gasteiger partial charge in [0, 0.05) is 43.2 Å². The first-order valence-electron chi connectivity index (χ1n) is 7.00. The SMILES string of the molecule is CN(C)c1ccc(CNCC(C)(C)c2cccs2)cc1. The molecule has 2 rings (SSSR count). The van der Waals surface area contributed by atoms with Crippen LogP contribution in [0.2, 0.25) is 0 Å². The van der Waals surface area contributed by atoms with Gasteiger partial charge < -0.3 is 10.2 Å². The van der Waals surface area contributed by atoms with Crippen molar-refractivity contribution in [3.8, 4) is 0 Å². The van der Waals surface area contributed by atoms with Gasteiger partial charge in [0.25, 0.3) is 0 Å². The standard InChI is InChI=1S/C17H24N2S/c1-17(2,16-6-5-11-20-16)13-18-12-14-7-9-15(10-8-14)19(3)4/h5-11,18H,12-13H2,1-4H3. The van der Waals surface area contributed by atoms with Gasteiger partial charge in [0.15, 0.2) is 0 Å². The summed E-state index contributed by atoms with van der Waals surface area (Å²) in [6, 6.07) is 13.1. The lowest BCUT2D eigenvalue weighted by Crippen LogP contribution is -2.31. The second kappa shape index (κ2) is 6.42. The second-order valence-electron chi connectivity index (χ2n) is 6.03. The van der Waals surface area contributed by atoms with Crippen LogP contribution < -0.4 is 10.2 Å². The van der Waals surface area contributed by atoms with Crippen LogP contribution in [0.3, 0.4) is 0 Å². The van der Waals surface area contributed by atoms with Crippen molar-refractivity contribution >= 4 is 17.0 Å². The van der Waals surface area contributed by atoms with Gasteiger partial charge in [-0.05, 0) is 29.1 Å². The van der Waals surface area contributed by atoms with Crippen LogP contribution in [0, 0.1) is 0 Å². The fourth-order valence-electron chi connectivity index (χ4n) is 2.18. The first-order chi connectivity index (χ1) is 9.49. The molecule has 0 bridgehead atoms. The topological polar surface area (TPSA) is 15.3 Å². The third-order valence-corrected chi connectivity index (χ3v) is 4.77. The number of thiophene rings is 1. The number of nitrogens with one attached hydrogen (secondary N) is 1. The number of rotatable bonds is 6. The molecule has 0 aliphatic heterocycles. The Kier molecular flexibility index (Phi) is 4.84. The van der Waals surface area contributed by atoms with Gasteiger partial charge in [0.2, 0.25) is 0 Å². The normalized spacial score (nSPS) is 11.6. The van der Waals surface area contributed by atoms with E-state index in [0.717, 1.165) is 13.1 Å². The van der Waals surface area contributed by atoms with Crippen LogP contribution in [0.5, 0.6) is 0 Å². The molecule has 0 aliphatic carbocycles. The van der Waals surface area contributed by atoms with E-state index >= 15 is 0 Å². The van der Waals surface area contributed by atoms with Gasteiger partial charge in [-0.3, -0.25) is 0 Å². The summed E-state index contributed by atoms with van der Waals surface area (Å²) in [5.74, 6) is 0. The lowest BCUT2D eigenvalue weighted by atomic mass is 9.91. The Morgan fingerprint density at radius 2 is 1.80 bits per heavy atom. The quantitative estimate of drug-likeness (QED) is 0.867. The zero-order chi connectivity index (χ0) is 14.6. The molecule has 0 radical (unpaired) electrons. The zero-order valence-electron chi connectivity index (χ0n) is 12.8. The molecule has 0 atom stereocenters. The van der Waals surface area contributed by atoms with Crippen molar-refractivity contribution in [3.63, 3.8) is 0 Å². The summed E-state index contributed by atoms with van der Waals surface area (Å²) in [6.07, 6.45) is 0. The molecule has 1 aromatic heterocycles. The summed E-state index contributed by atoms with van der Waals surface area (Å²) in [4.78, 5) is 3.56. The maximum absolute atomic E-state index is 3.57. The van der Waals surface area contributed by atoms with Crippen LogP contribution in [0.4, 0.5) is 5.69 Å². The average Bonchev–Trinajstić information content (AvgIpc) is 2.94. The predicted molar refractivity (Wildman–Crippen MR) is 89.8 cm³/mol. The van der Waals surface area contributed by atoms with Crippen molar-refractivity contribution in [2.24, 2.45) is 0 Å². The van der Waals surface area contributed by atoms with Crippen molar-refractivity contribution in [2.45, 2.75) is 25.8 Å². The summed E-state index contributed by atoms with van der Waals surface area (Å²) in [5.41, 5.74) is 2.77. The maximum Gasteiger partial charge on any atom is 0.0361 e. The van der Waals surface area contributed by atoms with Crippen LogP contribution in [0.1, 0.15) is 24.3 Å². The van der Waals surface area contributed by atoms with Crippen molar-refractivity contribution in [3.05, 3.63) is 52.2 Å². The summed E-state index contributed by atoms with van der Waals surface area (Å²) >= 11 is 1.84. The van der Waals surface area contributed by atoms with Gasteiger partial charge in [0.1, 0.15) is 0 Å². The van der Waals surface area contributed by atoms with E-state index in [1.165, 1.54) is 16.1 Å². The second-order valence-corrected chi connectivity index (χ2v) is 6.97. The maximum atomic E-state index is 3.57. The molecule has 0 saturated heterocycles. The van der Waals surface area contributed by atoms with E-state index in [4.69, 9.17) is 0 Å². The number of nitrogens with zero attached hydrogens (tertiary/aromatic N) is 1. The number of hydrogen-bond donors (Lipinski definition) is 1. The Bertz CT molecular complexity index is 512. The molecule has 0 spiro atoms. The van der Waals surface area contributed by atoms with Gasteiger partial charge in [-0.2, -0.15) is 0 Å². The number of anilines is 1. The fourth-order valence-corrected chi connectivity index (χ4v) is 3.03. The smallest absolute Gasteiger partial charge is 0.0361 e. The van der Waals surface area contributed by atoms with Crippen molar-refractivity contribution < 1.29 is 0 Å². The highest BCUT2D eigenvalue weighted by Gasteiger charge is 2.20. The van der Waals surface area contributed by atoms with Gasteiger partial charge in [-0.25, -0.2) is 0 Å². The minimum Gasteiger partial charge on any atom is -0.378 e. The van der Waals surface area contributed by atoms with Crippen LogP contribution in [0.25, 0.3) is 0 Å². The van der Waals surface area contributed by atoms with E-state index < -0.39 is 0 Å². The van der Waals surface area contributed by atoms with Gasteiger partial charge >= 0.3 is 0 Å². The summed E-state index contributed by atoms with van der Waals surface area (Å²) < 4.78 is 0. The molecule has 20 heavy (non-hydrogen) atoms. The Labute approximate surface area is 126 Å². The van der Waals surface area contributed by atoms with Crippen molar-refractivity contribution in [1.29, 1.82) is 0 Å².